The first-order valence-electron chi connectivity index (χ1n) is 9.90. The molecule has 1 saturated heterocycles. The van der Waals surface area contributed by atoms with Gasteiger partial charge in [-0.15, -0.1) is 0 Å². The molecule has 2 heterocycles. The predicted molar refractivity (Wildman–Crippen MR) is 121 cm³/mol. The highest BCUT2D eigenvalue weighted by molar-refractivity contribution is 6.25. The van der Waals surface area contributed by atoms with Gasteiger partial charge in [0, 0.05) is 55.2 Å². The van der Waals surface area contributed by atoms with Gasteiger partial charge < -0.3 is 25.0 Å². The summed E-state index contributed by atoms with van der Waals surface area (Å²) in [7, 11) is 0. The Balaban J connectivity index is 1.74. The number of ether oxygens (including phenoxy) is 2. The fourth-order valence-electron chi connectivity index (χ4n) is 2.73. The van der Waals surface area contributed by atoms with E-state index in [4.69, 9.17) is 21.1 Å². The number of amides is 2. The molecule has 0 aliphatic carbocycles. The smallest absolute Gasteiger partial charge is 0.274 e. The lowest BCUT2D eigenvalue weighted by molar-refractivity contribution is -0.124. The minimum atomic E-state index is -0.723. The van der Waals surface area contributed by atoms with Crippen LogP contribution in [0.5, 0.6) is 0 Å². The van der Waals surface area contributed by atoms with Gasteiger partial charge in [-0.2, -0.15) is 0 Å². The van der Waals surface area contributed by atoms with Crippen molar-refractivity contribution in [3.05, 3.63) is 72.2 Å². The maximum Gasteiger partial charge on any atom is 0.274 e. The van der Waals surface area contributed by atoms with Crippen molar-refractivity contribution >= 4 is 29.1 Å². The van der Waals surface area contributed by atoms with E-state index in [1.165, 1.54) is 6.08 Å². The normalized spacial score (nSPS) is 14.5. The minimum Gasteiger partial charge on any atom is -0.484 e. The molecular weight excluding hydrogens is 439 g/mol. The quantitative estimate of drug-likeness (QED) is 0.386. The van der Waals surface area contributed by atoms with Crippen molar-refractivity contribution in [3.8, 4) is 0 Å². The van der Waals surface area contributed by atoms with Gasteiger partial charge >= 0.3 is 0 Å². The first-order valence-corrected chi connectivity index (χ1v) is 10.3. The third-order valence-corrected chi connectivity index (χ3v) is 4.56. The van der Waals surface area contributed by atoms with Crippen LogP contribution < -0.4 is 15.5 Å². The van der Waals surface area contributed by atoms with Gasteiger partial charge in [-0.3, -0.25) is 14.6 Å². The van der Waals surface area contributed by atoms with E-state index in [9.17, 15) is 14.0 Å². The van der Waals surface area contributed by atoms with Gasteiger partial charge in [0.15, 0.2) is 6.61 Å². The van der Waals surface area contributed by atoms with Crippen LogP contribution in [0.3, 0.4) is 0 Å². The second-order valence-corrected chi connectivity index (χ2v) is 6.91. The van der Waals surface area contributed by atoms with Gasteiger partial charge in [-0.25, -0.2) is 4.39 Å². The van der Waals surface area contributed by atoms with E-state index < -0.39 is 11.7 Å². The van der Waals surface area contributed by atoms with E-state index in [1.54, 1.807) is 12.3 Å². The third kappa shape index (κ3) is 8.52. The Morgan fingerprint density at radius 1 is 1.38 bits per heavy atom. The molecule has 0 radical (unpaired) electrons. The van der Waals surface area contributed by atoms with Crippen LogP contribution in [-0.4, -0.2) is 56.3 Å². The molecule has 1 aromatic heterocycles. The van der Waals surface area contributed by atoms with Gasteiger partial charge in [0.1, 0.15) is 17.3 Å². The summed E-state index contributed by atoms with van der Waals surface area (Å²) in [6.45, 7) is 9.97. The van der Waals surface area contributed by atoms with E-state index >= 15 is 0 Å². The molecule has 2 N–H and O–H groups in total. The van der Waals surface area contributed by atoms with Crippen LogP contribution in [0.15, 0.2) is 66.5 Å². The molecule has 0 atom stereocenters. The Kier molecular flexibility index (Phi) is 10.4. The van der Waals surface area contributed by atoms with Crippen LogP contribution in [0.25, 0.3) is 0 Å². The molecule has 172 valence electrons. The molecule has 1 aromatic rings. The van der Waals surface area contributed by atoms with Crippen molar-refractivity contribution in [2.75, 3.05) is 44.4 Å². The van der Waals surface area contributed by atoms with Crippen molar-refractivity contribution in [1.82, 2.24) is 15.6 Å². The number of carbonyl (C=O) groups excluding carboxylic acids is 2. The van der Waals surface area contributed by atoms with Crippen molar-refractivity contribution in [2.24, 2.45) is 0 Å². The molecule has 0 unspecified atom stereocenters. The molecular formula is C22H26ClFN4O4. The van der Waals surface area contributed by atoms with Crippen LogP contribution in [0, 0.1) is 0 Å². The van der Waals surface area contributed by atoms with Crippen LogP contribution in [-0.2, 0) is 14.3 Å². The summed E-state index contributed by atoms with van der Waals surface area (Å²) in [6.07, 6.45) is 4.16. The average Bonchev–Trinajstić information content (AvgIpc) is 2.82. The largest absolute Gasteiger partial charge is 0.484 e. The molecule has 10 heteroatoms. The first-order chi connectivity index (χ1) is 15.4. The number of nitrogens with zero attached hydrogens (tertiary/aromatic N) is 2. The summed E-state index contributed by atoms with van der Waals surface area (Å²) in [5.74, 6) is -1.46. The first kappa shape index (κ1) is 25.1. The van der Waals surface area contributed by atoms with Crippen LogP contribution in [0.1, 0.15) is 16.9 Å². The second kappa shape index (κ2) is 13.3. The number of nitrogens with one attached hydrogen (secondary N) is 2. The zero-order valence-electron chi connectivity index (χ0n) is 17.6. The van der Waals surface area contributed by atoms with E-state index in [0.717, 1.165) is 30.4 Å². The number of hydrogen-bond acceptors (Lipinski definition) is 6. The number of allylic oxidation sites excluding steroid dienone is 3. The lowest BCUT2D eigenvalue weighted by atomic mass is 10.2. The number of rotatable bonds is 11. The molecule has 2 amide bonds. The van der Waals surface area contributed by atoms with Gasteiger partial charge in [-0.05, 0) is 18.2 Å². The molecule has 0 aromatic carbocycles. The van der Waals surface area contributed by atoms with Crippen LogP contribution >= 0.6 is 11.6 Å². The predicted octanol–water partition coefficient (Wildman–Crippen LogP) is 2.80. The molecule has 1 aliphatic heterocycles. The molecule has 8 nitrogen and oxygen atoms in total. The summed E-state index contributed by atoms with van der Waals surface area (Å²) in [5.41, 5.74) is 2.34. The fraction of sp³-hybridized carbons (Fsp3) is 0.318. The fourth-order valence-corrected chi connectivity index (χ4v) is 2.79. The number of morpholine rings is 1. The maximum atomic E-state index is 13.1. The highest BCUT2D eigenvalue weighted by Crippen LogP contribution is 2.16. The van der Waals surface area contributed by atoms with Crippen molar-refractivity contribution < 1.29 is 23.5 Å². The number of hydrogen-bond donors (Lipinski definition) is 2. The van der Waals surface area contributed by atoms with Crippen LogP contribution in [0.4, 0.5) is 10.1 Å². The number of aromatic nitrogens is 1. The lowest BCUT2D eigenvalue weighted by Gasteiger charge is -2.28. The number of carbonyl (C=O) groups is 2. The third-order valence-electron chi connectivity index (χ3n) is 4.35. The van der Waals surface area contributed by atoms with E-state index in [2.05, 4.69) is 33.7 Å². The highest BCUT2D eigenvalue weighted by Gasteiger charge is 2.15. The zero-order valence-corrected chi connectivity index (χ0v) is 18.4. The highest BCUT2D eigenvalue weighted by atomic mass is 35.5. The van der Waals surface area contributed by atoms with Gasteiger partial charge in [0.2, 0.25) is 0 Å². The zero-order chi connectivity index (χ0) is 23.3. The SMILES string of the molecule is C=C/C(=C\C(F)=C\Cl)OCC(=O)NCCC(=C)NC(=O)c1cc(N2CCOCC2)ccn1. The molecule has 2 rings (SSSR count). The number of pyridine rings is 1. The van der Waals surface area contributed by atoms with Gasteiger partial charge in [0.05, 0.1) is 13.2 Å². The van der Waals surface area contributed by atoms with Gasteiger partial charge in [-0.1, -0.05) is 24.8 Å². The summed E-state index contributed by atoms with van der Waals surface area (Å²) in [6, 6.07) is 3.57. The summed E-state index contributed by atoms with van der Waals surface area (Å²) >= 11 is 5.23. The Labute approximate surface area is 191 Å². The average molecular weight is 465 g/mol. The van der Waals surface area contributed by atoms with Crippen molar-refractivity contribution in [3.63, 3.8) is 0 Å². The summed E-state index contributed by atoms with van der Waals surface area (Å²) < 4.78 is 23.6. The van der Waals surface area contributed by atoms with Crippen molar-refractivity contribution in [1.29, 1.82) is 0 Å². The van der Waals surface area contributed by atoms with Crippen LogP contribution in [0.2, 0.25) is 0 Å². The summed E-state index contributed by atoms with van der Waals surface area (Å²) in [4.78, 5) is 30.6. The Morgan fingerprint density at radius 3 is 2.81 bits per heavy atom. The second-order valence-electron chi connectivity index (χ2n) is 6.69. The van der Waals surface area contributed by atoms with Gasteiger partial charge in [0.25, 0.3) is 11.8 Å². The summed E-state index contributed by atoms with van der Waals surface area (Å²) in [5, 5.41) is 5.30. The molecule has 1 fully saturated rings. The van der Waals surface area contributed by atoms with Crippen molar-refractivity contribution in [2.45, 2.75) is 6.42 Å². The topological polar surface area (TPSA) is 92.8 Å². The Morgan fingerprint density at radius 2 is 2.12 bits per heavy atom. The molecule has 0 saturated carbocycles. The molecule has 1 aliphatic rings. The molecule has 0 spiro atoms. The Bertz CT molecular complexity index is 898. The van der Waals surface area contributed by atoms with E-state index in [1.807, 2.05) is 6.07 Å². The Hall–Kier alpha value is -3.17. The van der Waals surface area contributed by atoms with E-state index in [0.29, 0.717) is 25.3 Å². The molecule has 32 heavy (non-hydrogen) atoms. The maximum absolute atomic E-state index is 13.1. The lowest BCUT2D eigenvalue weighted by Crippen LogP contribution is -2.36. The van der Waals surface area contributed by atoms with E-state index in [-0.39, 0.29) is 30.5 Å². The molecule has 0 bridgehead atoms. The monoisotopic (exact) mass is 464 g/mol. The number of anilines is 1. The standard InChI is InChI=1S/C22H26ClFN4O4/c1-3-19(12-17(24)14-23)32-15-21(29)26-6-4-16(2)27-22(30)20-13-18(5-7-25-20)28-8-10-31-11-9-28/h3,5,7,12-14H,1-2,4,6,8-11,15H2,(H,26,29)(H,27,30)/b17-14-,19-12+. The minimum absolute atomic E-state index is 0.0676. The number of halogens is 2.